The lowest BCUT2D eigenvalue weighted by atomic mass is 10.1. The maximum absolute atomic E-state index is 4.49. The molecule has 1 fully saturated rings. The lowest BCUT2D eigenvalue weighted by Gasteiger charge is -2.25. The summed E-state index contributed by atoms with van der Waals surface area (Å²) in [7, 11) is 6.16. The van der Waals surface area contributed by atoms with E-state index in [-0.39, 0.29) is 24.0 Å². The van der Waals surface area contributed by atoms with Crippen molar-refractivity contribution in [2.24, 2.45) is 10.9 Å². The maximum Gasteiger partial charge on any atom is 0.191 e. The molecular weight excluding hydrogens is 415 g/mol. The van der Waals surface area contributed by atoms with Gasteiger partial charge in [0, 0.05) is 38.4 Å². The maximum atomic E-state index is 4.49. The van der Waals surface area contributed by atoms with E-state index in [0.717, 1.165) is 43.6 Å². The van der Waals surface area contributed by atoms with Crippen LogP contribution in [-0.4, -0.2) is 60.9 Å². The first-order valence-corrected chi connectivity index (χ1v) is 8.63. The van der Waals surface area contributed by atoms with Gasteiger partial charge in [0.2, 0.25) is 0 Å². The molecule has 7 heteroatoms. The number of guanidine groups is 1. The van der Waals surface area contributed by atoms with Crippen LogP contribution in [0.1, 0.15) is 30.7 Å². The number of hydrogen-bond donors (Lipinski definition) is 2. The van der Waals surface area contributed by atoms with Crippen molar-refractivity contribution >= 4 is 29.9 Å². The molecule has 1 heterocycles. The van der Waals surface area contributed by atoms with Crippen molar-refractivity contribution in [3.05, 3.63) is 17.5 Å². The fourth-order valence-electron chi connectivity index (χ4n) is 3.01. The van der Waals surface area contributed by atoms with E-state index in [1.54, 1.807) is 0 Å². The number of aliphatic imine (C=N–C) groups is 1. The molecule has 0 aromatic carbocycles. The number of hydrogen-bond acceptors (Lipinski definition) is 3. The highest BCUT2D eigenvalue weighted by Crippen LogP contribution is 2.34. The van der Waals surface area contributed by atoms with Gasteiger partial charge in [-0.05, 0) is 59.2 Å². The largest absolute Gasteiger partial charge is 0.356 e. The SMILES string of the molecule is CN=C(NCCCn1nc(C)cc1C)NCC(C1CC1)N(C)C.I. The number of halogens is 1. The van der Waals surface area contributed by atoms with E-state index in [4.69, 9.17) is 0 Å². The third-order valence-corrected chi connectivity index (χ3v) is 4.47. The van der Waals surface area contributed by atoms with Gasteiger partial charge >= 0.3 is 0 Å². The molecule has 1 aliphatic rings. The Kier molecular flexibility index (Phi) is 9.04. The van der Waals surface area contributed by atoms with E-state index in [9.17, 15) is 0 Å². The highest BCUT2D eigenvalue weighted by Gasteiger charge is 2.32. The van der Waals surface area contributed by atoms with Crippen LogP contribution in [0.4, 0.5) is 0 Å². The van der Waals surface area contributed by atoms with Crippen LogP contribution in [0.3, 0.4) is 0 Å². The first-order valence-electron chi connectivity index (χ1n) is 8.63. The van der Waals surface area contributed by atoms with Gasteiger partial charge in [-0.15, -0.1) is 24.0 Å². The molecule has 24 heavy (non-hydrogen) atoms. The monoisotopic (exact) mass is 448 g/mol. The lowest BCUT2D eigenvalue weighted by molar-refractivity contribution is 0.264. The van der Waals surface area contributed by atoms with Crippen molar-refractivity contribution in [1.82, 2.24) is 25.3 Å². The summed E-state index contributed by atoms with van der Waals surface area (Å²) in [4.78, 5) is 6.64. The van der Waals surface area contributed by atoms with Crippen molar-refractivity contribution < 1.29 is 0 Å². The molecule has 1 aromatic rings. The van der Waals surface area contributed by atoms with Crippen LogP contribution in [0, 0.1) is 19.8 Å². The van der Waals surface area contributed by atoms with Crippen molar-refractivity contribution in [2.45, 2.75) is 45.7 Å². The van der Waals surface area contributed by atoms with Crippen LogP contribution in [0.5, 0.6) is 0 Å². The zero-order valence-corrected chi connectivity index (χ0v) is 18.0. The lowest BCUT2D eigenvalue weighted by Crippen LogP contribution is -2.46. The molecule has 1 saturated carbocycles. The molecule has 1 aliphatic carbocycles. The third-order valence-electron chi connectivity index (χ3n) is 4.47. The average molecular weight is 448 g/mol. The van der Waals surface area contributed by atoms with E-state index >= 15 is 0 Å². The second kappa shape index (κ2) is 10.2. The Bertz CT molecular complexity index is 519. The molecule has 2 N–H and O–H groups in total. The van der Waals surface area contributed by atoms with Gasteiger partial charge < -0.3 is 15.5 Å². The second-order valence-electron chi connectivity index (χ2n) is 6.75. The molecule has 1 aromatic heterocycles. The Morgan fingerprint density at radius 2 is 2.08 bits per heavy atom. The quantitative estimate of drug-likeness (QED) is 0.277. The van der Waals surface area contributed by atoms with Crippen LogP contribution in [0.2, 0.25) is 0 Å². The van der Waals surface area contributed by atoms with E-state index < -0.39 is 0 Å². The molecule has 1 atom stereocenters. The van der Waals surface area contributed by atoms with Crippen LogP contribution >= 0.6 is 24.0 Å². The summed E-state index contributed by atoms with van der Waals surface area (Å²) in [5.41, 5.74) is 2.31. The predicted molar refractivity (Wildman–Crippen MR) is 111 cm³/mol. The molecule has 1 unspecified atom stereocenters. The van der Waals surface area contributed by atoms with Crippen LogP contribution < -0.4 is 10.6 Å². The smallest absolute Gasteiger partial charge is 0.191 e. The summed E-state index contributed by atoms with van der Waals surface area (Å²) >= 11 is 0. The van der Waals surface area contributed by atoms with Crippen LogP contribution in [0.15, 0.2) is 11.1 Å². The Morgan fingerprint density at radius 3 is 2.58 bits per heavy atom. The van der Waals surface area contributed by atoms with E-state index in [2.05, 4.69) is 57.4 Å². The van der Waals surface area contributed by atoms with Gasteiger partial charge in [-0.3, -0.25) is 9.67 Å². The zero-order valence-electron chi connectivity index (χ0n) is 15.7. The minimum atomic E-state index is 0. The van der Waals surface area contributed by atoms with Gasteiger partial charge in [0.05, 0.1) is 5.69 Å². The fourth-order valence-corrected chi connectivity index (χ4v) is 3.01. The number of nitrogens with one attached hydrogen (secondary N) is 2. The molecule has 6 nitrogen and oxygen atoms in total. The van der Waals surface area contributed by atoms with Gasteiger partial charge in [0.1, 0.15) is 0 Å². The van der Waals surface area contributed by atoms with Crippen LogP contribution in [0.25, 0.3) is 0 Å². The molecular formula is C17H33IN6. The highest BCUT2D eigenvalue weighted by molar-refractivity contribution is 14.0. The third kappa shape index (κ3) is 6.58. The average Bonchev–Trinajstić information content (AvgIpc) is 3.27. The van der Waals surface area contributed by atoms with Gasteiger partial charge in [-0.1, -0.05) is 0 Å². The van der Waals surface area contributed by atoms with Crippen molar-refractivity contribution in [2.75, 3.05) is 34.2 Å². The minimum absolute atomic E-state index is 0. The Labute approximate surface area is 163 Å². The van der Waals surface area contributed by atoms with Gasteiger partial charge in [0.25, 0.3) is 0 Å². The Morgan fingerprint density at radius 1 is 1.38 bits per heavy atom. The highest BCUT2D eigenvalue weighted by atomic mass is 127. The first-order chi connectivity index (χ1) is 11.0. The van der Waals surface area contributed by atoms with Crippen molar-refractivity contribution in [1.29, 1.82) is 0 Å². The summed E-state index contributed by atoms with van der Waals surface area (Å²) in [6.07, 6.45) is 3.75. The minimum Gasteiger partial charge on any atom is -0.356 e. The molecule has 0 bridgehead atoms. The summed E-state index contributed by atoms with van der Waals surface area (Å²) < 4.78 is 2.07. The number of aromatic nitrogens is 2. The molecule has 0 saturated heterocycles. The number of nitrogens with zero attached hydrogens (tertiary/aromatic N) is 4. The van der Waals surface area contributed by atoms with E-state index in [1.165, 1.54) is 18.5 Å². The summed E-state index contributed by atoms with van der Waals surface area (Å²) in [5, 5.41) is 11.3. The number of likely N-dealkylation sites (N-methyl/N-ethyl adjacent to an activating group) is 1. The second-order valence-corrected chi connectivity index (χ2v) is 6.75. The molecule has 0 radical (unpaired) electrons. The van der Waals surface area contributed by atoms with E-state index in [1.807, 2.05) is 14.0 Å². The number of aryl methyl sites for hydroxylation is 3. The summed E-state index contributed by atoms with van der Waals surface area (Å²) in [6.45, 7) is 6.93. The van der Waals surface area contributed by atoms with Gasteiger partial charge in [-0.2, -0.15) is 5.10 Å². The van der Waals surface area contributed by atoms with Crippen molar-refractivity contribution in [3.63, 3.8) is 0 Å². The summed E-state index contributed by atoms with van der Waals surface area (Å²) in [5.74, 6) is 1.74. The van der Waals surface area contributed by atoms with Crippen molar-refractivity contribution in [3.8, 4) is 0 Å². The predicted octanol–water partition coefficient (Wildman–Crippen LogP) is 2.01. The topological polar surface area (TPSA) is 57.5 Å². The van der Waals surface area contributed by atoms with E-state index in [0.29, 0.717) is 6.04 Å². The normalized spacial score (nSPS) is 16.0. The molecule has 0 aliphatic heterocycles. The summed E-state index contributed by atoms with van der Waals surface area (Å²) in [6, 6.07) is 2.72. The first kappa shape index (κ1) is 21.2. The Balaban J connectivity index is 0.00000288. The molecule has 0 spiro atoms. The fraction of sp³-hybridized carbons (Fsp3) is 0.765. The number of rotatable bonds is 8. The molecule has 2 rings (SSSR count). The molecule has 138 valence electrons. The standard InChI is InChI=1S/C17H32N6.HI/c1-13-11-14(2)23(21-13)10-6-9-19-17(18-3)20-12-16(22(4)5)15-7-8-15;/h11,15-16H,6-10,12H2,1-5H3,(H2,18,19,20);1H. The zero-order chi connectivity index (χ0) is 16.8. The molecule has 0 amide bonds. The van der Waals surface area contributed by atoms with Crippen LogP contribution in [-0.2, 0) is 6.54 Å². The van der Waals surface area contributed by atoms with Gasteiger partial charge in [0.15, 0.2) is 5.96 Å². The Hall–Kier alpha value is -0.830. The van der Waals surface area contributed by atoms with Gasteiger partial charge in [-0.25, -0.2) is 0 Å².